The Bertz CT molecular complexity index is 1110. The summed E-state index contributed by atoms with van der Waals surface area (Å²) >= 11 is 1.15. The summed E-state index contributed by atoms with van der Waals surface area (Å²) in [4.78, 5) is 22.4. The lowest BCUT2D eigenvalue weighted by atomic mass is 10.3. The molecule has 1 atom stereocenters. The number of aromatic nitrogens is 4. The van der Waals surface area contributed by atoms with Gasteiger partial charge in [-0.1, -0.05) is 23.9 Å². The van der Waals surface area contributed by atoms with Crippen molar-refractivity contribution in [1.29, 1.82) is 0 Å². The third-order valence-corrected chi connectivity index (χ3v) is 5.72. The first kappa shape index (κ1) is 23.3. The van der Waals surface area contributed by atoms with Gasteiger partial charge in [-0.05, 0) is 18.6 Å². The maximum absolute atomic E-state index is 12.1. The molecule has 15 heteroatoms. The predicted octanol–water partition coefficient (Wildman–Crippen LogP) is 3.35. The first-order valence-corrected chi connectivity index (χ1v) is 11.0. The molecule has 4 N–H and O–H groups in total. The van der Waals surface area contributed by atoms with E-state index in [4.69, 9.17) is 5.73 Å². The van der Waals surface area contributed by atoms with Gasteiger partial charge >= 0.3 is 14.0 Å². The van der Waals surface area contributed by atoms with E-state index in [0.29, 0.717) is 21.1 Å². The number of aromatic hydroxyl groups is 1. The van der Waals surface area contributed by atoms with E-state index in [1.807, 2.05) is 0 Å². The van der Waals surface area contributed by atoms with Crippen molar-refractivity contribution in [3.63, 3.8) is 0 Å². The molecule has 2 aromatic heterocycles. The molecule has 0 spiro atoms. The molecule has 0 radical (unpaired) electrons. The molecule has 0 aliphatic rings. The quantitative estimate of drug-likeness (QED) is 0.237. The molecule has 10 nitrogen and oxygen atoms in total. The highest BCUT2D eigenvalue weighted by Gasteiger charge is 2.33. The molecule has 0 bridgehead atoms. The van der Waals surface area contributed by atoms with Crippen LogP contribution in [0.1, 0.15) is 6.42 Å². The van der Waals surface area contributed by atoms with Gasteiger partial charge < -0.3 is 20.3 Å². The van der Waals surface area contributed by atoms with Crippen LogP contribution in [0.3, 0.4) is 0 Å². The number of rotatable bonds is 9. The first-order chi connectivity index (χ1) is 14.5. The van der Waals surface area contributed by atoms with Gasteiger partial charge in [0.1, 0.15) is 16.3 Å². The van der Waals surface area contributed by atoms with E-state index in [1.165, 1.54) is 12.4 Å². The topological polar surface area (TPSA) is 146 Å². The number of alkyl halides is 3. The standard InChI is InChI=1S/C16H17F3N5O5PS/c17-16(18,19)8-29-30(26,27)28-7-3-6-24-9-21-12-13(24)22-15(20)23-14(12)31-11-5-2-1-4-10(11)25/h1-2,4-5,9,25H,3,6-8H2,(H,26,27)(H2,20,22,23). The molecule has 3 aromatic rings. The van der Waals surface area contributed by atoms with E-state index in [9.17, 15) is 27.7 Å². The van der Waals surface area contributed by atoms with Gasteiger partial charge in [-0.2, -0.15) is 18.2 Å². The Labute approximate surface area is 177 Å². The lowest BCUT2D eigenvalue weighted by molar-refractivity contribution is -0.157. The summed E-state index contributed by atoms with van der Waals surface area (Å²) in [5.41, 5.74) is 6.58. The number of nitrogen functional groups attached to an aromatic ring is 1. The summed E-state index contributed by atoms with van der Waals surface area (Å²) < 4.78 is 57.7. The third kappa shape index (κ3) is 6.55. The van der Waals surface area contributed by atoms with E-state index >= 15 is 0 Å². The summed E-state index contributed by atoms with van der Waals surface area (Å²) in [5.74, 6) is 0.0411. The number of phosphoric acid groups is 1. The van der Waals surface area contributed by atoms with Crippen LogP contribution in [0.15, 0.2) is 40.5 Å². The van der Waals surface area contributed by atoms with Crippen LogP contribution < -0.4 is 5.73 Å². The number of benzene rings is 1. The number of para-hydroxylation sites is 1. The van der Waals surface area contributed by atoms with Crippen LogP contribution in [0, 0.1) is 0 Å². The molecule has 2 heterocycles. The second-order valence-electron chi connectivity index (χ2n) is 6.11. The zero-order chi connectivity index (χ0) is 22.6. The van der Waals surface area contributed by atoms with Crippen molar-refractivity contribution in [2.24, 2.45) is 0 Å². The minimum atomic E-state index is -4.82. The Hall–Kier alpha value is -2.38. The Morgan fingerprint density at radius 3 is 2.68 bits per heavy atom. The number of imidazole rings is 1. The number of fused-ring (bicyclic) bond motifs is 1. The Balaban J connectivity index is 1.65. The Morgan fingerprint density at radius 1 is 1.23 bits per heavy atom. The van der Waals surface area contributed by atoms with Gasteiger partial charge in [-0.3, -0.25) is 9.05 Å². The van der Waals surface area contributed by atoms with Crippen molar-refractivity contribution in [2.75, 3.05) is 18.9 Å². The minimum absolute atomic E-state index is 0.0242. The van der Waals surface area contributed by atoms with Crippen LogP contribution in [0.4, 0.5) is 19.1 Å². The van der Waals surface area contributed by atoms with Crippen molar-refractivity contribution < 1.29 is 36.8 Å². The Morgan fingerprint density at radius 2 is 1.97 bits per heavy atom. The SMILES string of the molecule is Nc1nc(Sc2ccccc2O)c2ncn(CCCOP(=O)(O)OCC(F)(F)F)c2n1. The maximum Gasteiger partial charge on any atom is 0.472 e. The molecule has 168 valence electrons. The molecule has 0 aliphatic heterocycles. The van der Waals surface area contributed by atoms with E-state index < -0.39 is 20.6 Å². The zero-order valence-corrected chi connectivity index (χ0v) is 17.4. The number of phenolic OH excluding ortho intramolecular Hbond substituents is 1. The van der Waals surface area contributed by atoms with Crippen LogP contribution in [0.5, 0.6) is 5.75 Å². The number of nitrogens with two attached hydrogens (primary N) is 1. The summed E-state index contributed by atoms with van der Waals surface area (Å²) in [6.45, 7) is -2.02. The number of hydrogen-bond donors (Lipinski definition) is 3. The average molecular weight is 479 g/mol. The van der Waals surface area contributed by atoms with E-state index in [-0.39, 0.29) is 31.3 Å². The highest BCUT2D eigenvalue weighted by molar-refractivity contribution is 7.99. The molecular weight excluding hydrogens is 462 g/mol. The van der Waals surface area contributed by atoms with E-state index in [0.717, 1.165) is 11.8 Å². The Kier molecular flexibility index (Phi) is 7.06. The van der Waals surface area contributed by atoms with Crippen LogP contribution >= 0.6 is 19.6 Å². The van der Waals surface area contributed by atoms with Gasteiger partial charge in [0.15, 0.2) is 12.3 Å². The van der Waals surface area contributed by atoms with E-state index in [1.54, 1.807) is 22.8 Å². The highest BCUT2D eigenvalue weighted by Crippen LogP contribution is 2.44. The molecule has 0 fully saturated rings. The van der Waals surface area contributed by atoms with Crippen molar-refractivity contribution in [2.45, 2.75) is 29.1 Å². The van der Waals surface area contributed by atoms with Gasteiger partial charge in [0.05, 0.1) is 17.8 Å². The average Bonchev–Trinajstić information content (AvgIpc) is 3.08. The normalized spacial score (nSPS) is 14.1. The number of phenols is 1. The second kappa shape index (κ2) is 9.40. The first-order valence-electron chi connectivity index (χ1n) is 8.67. The van der Waals surface area contributed by atoms with Gasteiger partial charge in [-0.25, -0.2) is 14.5 Å². The van der Waals surface area contributed by atoms with Gasteiger partial charge in [0.2, 0.25) is 5.95 Å². The smallest absolute Gasteiger partial charge is 0.472 e. The lowest BCUT2D eigenvalue weighted by Gasteiger charge is -2.13. The molecular formula is C16H17F3N5O5PS. The monoisotopic (exact) mass is 479 g/mol. The number of anilines is 1. The summed E-state index contributed by atoms with van der Waals surface area (Å²) in [7, 11) is -4.82. The molecule has 3 rings (SSSR count). The predicted molar refractivity (Wildman–Crippen MR) is 104 cm³/mol. The third-order valence-electron chi connectivity index (χ3n) is 3.71. The lowest BCUT2D eigenvalue weighted by Crippen LogP contribution is -2.16. The number of aryl methyl sites for hydroxylation is 1. The molecule has 0 aliphatic carbocycles. The number of hydrogen-bond acceptors (Lipinski definition) is 9. The fourth-order valence-corrected chi connectivity index (χ4v) is 4.07. The maximum atomic E-state index is 12.1. The minimum Gasteiger partial charge on any atom is -0.507 e. The molecule has 0 saturated carbocycles. The number of halogens is 3. The highest BCUT2D eigenvalue weighted by atomic mass is 32.2. The van der Waals surface area contributed by atoms with E-state index in [2.05, 4.69) is 24.0 Å². The molecule has 1 unspecified atom stereocenters. The van der Waals surface area contributed by atoms with Crippen molar-refractivity contribution in [1.82, 2.24) is 19.5 Å². The number of phosphoric ester groups is 1. The van der Waals surface area contributed by atoms with Gasteiger partial charge in [0.25, 0.3) is 0 Å². The van der Waals surface area contributed by atoms with Crippen LogP contribution in [0.25, 0.3) is 11.2 Å². The van der Waals surface area contributed by atoms with Crippen molar-refractivity contribution in [3.8, 4) is 5.75 Å². The summed E-state index contributed by atoms with van der Waals surface area (Å²) in [6.07, 6.45) is -3.15. The zero-order valence-electron chi connectivity index (χ0n) is 15.7. The van der Waals surface area contributed by atoms with Crippen molar-refractivity contribution >= 4 is 36.7 Å². The molecule has 31 heavy (non-hydrogen) atoms. The van der Waals surface area contributed by atoms with Crippen LogP contribution in [-0.4, -0.2) is 48.9 Å². The van der Waals surface area contributed by atoms with Crippen LogP contribution in [0.2, 0.25) is 0 Å². The molecule has 0 amide bonds. The van der Waals surface area contributed by atoms with Crippen LogP contribution in [-0.2, 0) is 20.2 Å². The largest absolute Gasteiger partial charge is 0.507 e. The molecule has 1 aromatic carbocycles. The molecule has 0 saturated heterocycles. The van der Waals surface area contributed by atoms with Gasteiger partial charge in [-0.15, -0.1) is 0 Å². The fourth-order valence-electron chi connectivity index (χ4n) is 2.42. The summed E-state index contributed by atoms with van der Waals surface area (Å²) in [6, 6.07) is 6.66. The summed E-state index contributed by atoms with van der Waals surface area (Å²) in [5, 5.41) is 10.4. The van der Waals surface area contributed by atoms with Gasteiger partial charge in [0, 0.05) is 6.54 Å². The number of nitrogens with zero attached hydrogens (tertiary/aromatic N) is 4. The van der Waals surface area contributed by atoms with Crippen molar-refractivity contribution in [3.05, 3.63) is 30.6 Å². The second-order valence-corrected chi connectivity index (χ2v) is 8.60. The fraction of sp³-hybridized carbons (Fsp3) is 0.312.